The van der Waals surface area contributed by atoms with E-state index in [1.54, 1.807) is 29.1 Å². The minimum atomic E-state index is -0.923. The fourth-order valence-corrected chi connectivity index (χ4v) is 1.68. The van der Waals surface area contributed by atoms with Gasteiger partial charge in [0.05, 0.1) is 11.7 Å². The van der Waals surface area contributed by atoms with Gasteiger partial charge in [0.15, 0.2) is 0 Å². The van der Waals surface area contributed by atoms with Crippen LogP contribution in [-0.4, -0.2) is 20.6 Å². The van der Waals surface area contributed by atoms with Crippen LogP contribution in [0.25, 0.3) is 0 Å². The normalized spacial score (nSPS) is 12.3. The molecule has 0 saturated heterocycles. The van der Waals surface area contributed by atoms with Gasteiger partial charge in [-0.1, -0.05) is 6.07 Å². The second-order valence-corrected chi connectivity index (χ2v) is 3.54. The number of hydrogen-bond donors (Lipinski definition) is 1. The van der Waals surface area contributed by atoms with E-state index >= 15 is 0 Å². The number of rotatable bonds is 3. The van der Waals surface area contributed by atoms with Gasteiger partial charge in [0, 0.05) is 12.4 Å². The van der Waals surface area contributed by atoms with Gasteiger partial charge in [0.2, 0.25) is 0 Å². The molecule has 0 bridgehead atoms. The zero-order chi connectivity index (χ0) is 11.5. The molecule has 16 heavy (non-hydrogen) atoms. The van der Waals surface area contributed by atoms with Crippen LogP contribution in [0.15, 0.2) is 42.7 Å². The number of carbonyl (C=O) groups is 1. The molecule has 0 aliphatic carbocycles. The van der Waals surface area contributed by atoms with Crippen LogP contribution in [0.3, 0.4) is 0 Å². The van der Waals surface area contributed by atoms with Crippen molar-refractivity contribution >= 4 is 5.97 Å². The summed E-state index contributed by atoms with van der Waals surface area (Å²) in [6.45, 7) is 1.93. The van der Waals surface area contributed by atoms with Gasteiger partial charge in [-0.2, -0.15) is 0 Å². The molecular weight excluding hydrogens is 204 g/mol. The third kappa shape index (κ3) is 1.82. The average molecular weight is 216 g/mol. The molecular formula is C12H12N2O2. The van der Waals surface area contributed by atoms with Crippen LogP contribution in [0.1, 0.15) is 29.1 Å². The molecule has 0 aromatic carbocycles. The predicted molar refractivity (Wildman–Crippen MR) is 59.4 cm³/mol. The average Bonchev–Trinajstić information content (AvgIpc) is 2.78. The molecule has 1 unspecified atom stereocenters. The van der Waals surface area contributed by atoms with Gasteiger partial charge in [-0.05, 0) is 31.2 Å². The Kier molecular flexibility index (Phi) is 2.72. The summed E-state index contributed by atoms with van der Waals surface area (Å²) >= 11 is 0. The van der Waals surface area contributed by atoms with E-state index in [1.165, 1.54) is 0 Å². The Balaban J connectivity index is 2.38. The maximum absolute atomic E-state index is 11.0. The molecule has 82 valence electrons. The molecule has 2 heterocycles. The van der Waals surface area contributed by atoms with Crippen molar-refractivity contribution in [2.45, 2.75) is 13.0 Å². The molecule has 0 saturated carbocycles. The highest BCUT2D eigenvalue weighted by atomic mass is 16.4. The van der Waals surface area contributed by atoms with Crippen LogP contribution in [0.4, 0.5) is 0 Å². The maximum Gasteiger partial charge on any atom is 0.352 e. The molecule has 0 radical (unpaired) electrons. The highest BCUT2D eigenvalue weighted by molar-refractivity contribution is 5.85. The number of aromatic carboxylic acids is 1. The summed E-state index contributed by atoms with van der Waals surface area (Å²) in [5, 5.41) is 9.01. The lowest BCUT2D eigenvalue weighted by Crippen LogP contribution is -2.13. The van der Waals surface area contributed by atoms with Crippen molar-refractivity contribution in [3.05, 3.63) is 54.1 Å². The topological polar surface area (TPSA) is 55.1 Å². The van der Waals surface area contributed by atoms with Crippen molar-refractivity contribution in [1.29, 1.82) is 0 Å². The Hall–Kier alpha value is -2.10. The van der Waals surface area contributed by atoms with Crippen LogP contribution in [0.2, 0.25) is 0 Å². The Morgan fingerprint density at radius 2 is 2.19 bits per heavy atom. The van der Waals surface area contributed by atoms with E-state index in [0.29, 0.717) is 0 Å². The quantitative estimate of drug-likeness (QED) is 0.855. The third-order valence-corrected chi connectivity index (χ3v) is 2.53. The molecule has 1 atom stereocenters. The third-order valence-electron chi connectivity index (χ3n) is 2.53. The summed E-state index contributed by atoms with van der Waals surface area (Å²) in [6.07, 6.45) is 3.46. The van der Waals surface area contributed by atoms with Gasteiger partial charge in [-0.15, -0.1) is 0 Å². The lowest BCUT2D eigenvalue weighted by molar-refractivity contribution is 0.0684. The lowest BCUT2D eigenvalue weighted by atomic mass is 10.2. The largest absolute Gasteiger partial charge is 0.477 e. The Morgan fingerprint density at radius 3 is 2.81 bits per heavy atom. The summed E-state index contributed by atoms with van der Waals surface area (Å²) in [5.41, 5.74) is 1.12. The molecule has 2 rings (SSSR count). The van der Waals surface area contributed by atoms with E-state index in [1.807, 2.05) is 25.1 Å². The zero-order valence-corrected chi connectivity index (χ0v) is 8.87. The zero-order valence-electron chi connectivity index (χ0n) is 8.87. The number of nitrogens with zero attached hydrogens (tertiary/aromatic N) is 2. The minimum Gasteiger partial charge on any atom is -0.477 e. The van der Waals surface area contributed by atoms with E-state index in [-0.39, 0.29) is 11.7 Å². The molecule has 2 aromatic rings. The van der Waals surface area contributed by atoms with Crippen molar-refractivity contribution in [2.24, 2.45) is 0 Å². The molecule has 4 nitrogen and oxygen atoms in total. The number of aromatic nitrogens is 2. The highest BCUT2D eigenvalue weighted by Crippen LogP contribution is 2.18. The van der Waals surface area contributed by atoms with Crippen molar-refractivity contribution < 1.29 is 9.90 Å². The molecule has 4 heteroatoms. The molecule has 0 spiro atoms. The first-order chi connectivity index (χ1) is 7.70. The summed E-state index contributed by atoms with van der Waals surface area (Å²) in [4.78, 5) is 15.2. The lowest BCUT2D eigenvalue weighted by Gasteiger charge is -2.14. The standard InChI is InChI=1S/C12H12N2O2/c1-9(10-5-2-3-7-13-10)14-8-4-6-11(14)12(15)16/h2-9H,1H3,(H,15,16). The molecule has 2 aromatic heterocycles. The number of pyridine rings is 1. The van der Waals surface area contributed by atoms with E-state index < -0.39 is 5.97 Å². The molecule has 0 aliphatic rings. The SMILES string of the molecule is CC(c1ccccn1)n1cccc1C(=O)O. The van der Waals surface area contributed by atoms with E-state index in [4.69, 9.17) is 5.11 Å². The van der Waals surface area contributed by atoms with Gasteiger partial charge >= 0.3 is 5.97 Å². The molecule has 1 N–H and O–H groups in total. The van der Waals surface area contributed by atoms with Gasteiger partial charge in [-0.3, -0.25) is 4.98 Å². The smallest absolute Gasteiger partial charge is 0.352 e. The molecule has 0 aliphatic heterocycles. The molecule has 0 fully saturated rings. The first-order valence-corrected chi connectivity index (χ1v) is 5.01. The summed E-state index contributed by atoms with van der Waals surface area (Å²) in [6, 6.07) is 8.84. The summed E-state index contributed by atoms with van der Waals surface area (Å²) in [7, 11) is 0. The summed E-state index contributed by atoms with van der Waals surface area (Å²) < 4.78 is 1.70. The van der Waals surface area contributed by atoms with Crippen LogP contribution in [-0.2, 0) is 0 Å². The number of hydrogen-bond acceptors (Lipinski definition) is 2. The van der Waals surface area contributed by atoms with Crippen LogP contribution in [0.5, 0.6) is 0 Å². The van der Waals surface area contributed by atoms with E-state index in [9.17, 15) is 4.79 Å². The second-order valence-electron chi connectivity index (χ2n) is 3.54. The van der Waals surface area contributed by atoms with Crippen molar-refractivity contribution in [2.75, 3.05) is 0 Å². The van der Waals surface area contributed by atoms with E-state index in [0.717, 1.165) is 5.69 Å². The van der Waals surface area contributed by atoms with Crippen molar-refractivity contribution in [3.63, 3.8) is 0 Å². The Bertz CT molecular complexity index is 491. The fourth-order valence-electron chi connectivity index (χ4n) is 1.68. The van der Waals surface area contributed by atoms with Crippen molar-refractivity contribution in [1.82, 2.24) is 9.55 Å². The Morgan fingerprint density at radius 1 is 1.38 bits per heavy atom. The number of carboxylic acid groups (broad SMARTS) is 1. The van der Waals surface area contributed by atoms with E-state index in [2.05, 4.69) is 4.98 Å². The van der Waals surface area contributed by atoms with Crippen LogP contribution < -0.4 is 0 Å². The predicted octanol–water partition coefficient (Wildman–Crippen LogP) is 2.19. The van der Waals surface area contributed by atoms with Gasteiger partial charge in [-0.25, -0.2) is 4.79 Å². The van der Waals surface area contributed by atoms with Gasteiger partial charge in [0.25, 0.3) is 0 Å². The minimum absolute atomic E-state index is 0.0812. The monoisotopic (exact) mass is 216 g/mol. The van der Waals surface area contributed by atoms with Crippen molar-refractivity contribution in [3.8, 4) is 0 Å². The van der Waals surface area contributed by atoms with Gasteiger partial charge < -0.3 is 9.67 Å². The highest BCUT2D eigenvalue weighted by Gasteiger charge is 2.15. The van der Waals surface area contributed by atoms with Gasteiger partial charge in [0.1, 0.15) is 5.69 Å². The Labute approximate surface area is 93.2 Å². The summed E-state index contributed by atoms with van der Waals surface area (Å²) in [5.74, 6) is -0.923. The second kappa shape index (κ2) is 4.18. The first-order valence-electron chi connectivity index (χ1n) is 5.01. The number of carboxylic acids is 1. The molecule has 0 amide bonds. The van der Waals surface area contributed by atoms with Crippen LogP contribution >= 0.6 is 0 Å². The maximum atomic E-state index is 11.0. The first kappa shape index (κ1) is 10.4. The van der Waals surface area contributed by atoms with Crippen LogP contribution in [0, 0.1) is 0 Å². The fraction of sp³-hybridized carbons (Fsp3) is 0.167.